The van der Waals surface area contributed by atoms with Gasteiger partial charge in [0.2, 0.25) is 0 Å². The van der Waals surface area contributed by atoms with E-state index in [1.807, 2.05) is 22.6 Å². The number of carbonyl (C=O) groups is 1. The van der Waals surface area contributed by atoms with Crippen molar-refractivity contribution in [2.24, 2.45) is 0 Å². The molecule has 2 N–H and O–H groups in total. The van der Waals surface area contributed by atoms with Crippen LogP contribution in [0.5, 0.6) is 11.5 Å². The first-order chi connectivity index (χ1) is 8.17. The number of rotatable bonds is 6. The molecule has 1 aromatic rings. The van der Waals surface area contributed by atoms with Crippen molar-refractivity contribution in [1.82, 2.24) is 4.98 Å². The summed E-state index contributed by atoms with van der Waals surface area (Å²) in [6, 6.07) is 1.21. The molecule has 0 radical (unpaired) electrons. The van der Waals surface area contributed by atoms with Crippen molar-refractivity contribution in [2.45, 2.75) is 11.4 Å². The molecule has 0 unspecified atom stereocenters. The Bertz CT molecular complexity index is 390. The Hall–Kier alpha value is -0.620. The lowest BCUT2D eigenvalue weighted by molar-refractivity contribution is -0.432. The van der Waals surface area contributed by atoms with Crippen LogP contribution in [0.15, 0.2) is 17.3 Å². The number of aromatic nitrogens is 1. The van der Waals surface area contributed by atoms with Gasteiger partial charge in [-0.2, -0.15) is 0 Å². The summed E-state index contributed by atoms with van der Waals surface area (Å²) in [5.74, 6) is -0.533. The lowest BCUT2D eigenvalue weighted by Gasteiger charge is -2.05. The molecule has 0 saturated heterocycles. The molecule has 7 nitrogen and oxygen atoms in total. The normalized spacial score (nSPS) is 10.2. The maximum absolute atomic E-state index is 11.2. The number of alkyl halides is 1. The van der Waals surface area contributed by atoms with Gasteiger partial charge in [0, 0.05) is 10.5 Å². The zero-order valence-electron chi connectivity index (χ0n) is 8.33. The van der Waals surface area contributed by atoms with Gasteiger partial charge in [-0.25, -0.2) is 10.2 Å². The molecular formula is C8H8INO6S. The van der Waals surface area contributed by atoms with E-state index < -0.39 is 5.97 Å². The summed E-state index contributed by atoms with van der Waals surface area (Å²) in [4.78, 5) is 14.9. The molecule has 0 spiro atoms. The van der Waals surface area contributed by atoms with Gasteiger partial charge in [0.1, 0.15) is 0 Å². The van der Waals surface area contributed by atoms with Crippen molar-refractivity contribution in [3.05, 3.63) is 12.3 Å². The minimum Gasteiger partial charge on any atom is -0.505 e. The fourth-order valence-corrected chi connectivity index (χ4v) is 1.62. The minimum atomic E-state index is -0.407. The SMILES string of the molecule is O=C(CCI)Oc1cnc(SOOO)c(O)c1. The predicted octanol–water partition coefficient (Wildman–Crippen LogP) is 1.95. The highest BCUT2D eigenvalue weighted by Crippen LogP contribution is 2.29. The second-order valence-corrected chi connectivity index (χ2v) is 4.40. The third kappa shape index (κ3) is 5.04. The second-order valence-electron chi connectivity index (χ2n) is 2.63. The van der Waals surface area contributed by atoms with Crippen LogP contribution < -0.4 is 4.74 Å². The number of pyridine rings is 1. The Labute approximate surface area is 114 Å². The van der Waals surface area contributed by atoms with E-state index in [1.165, 1.54) is 12.3 Å². The number of esters is 1. The molecule has 0 amide bonds. The van der Waals surface area contributed by atoms with Gasteiger partial charge >= 0.3 is 5.97 Å². The van der Waals surface area contributed by atoms with E-state index >= 15 is 0 Å². The van der Waals surface area contributed by atoms with Crippen LogP contribution in [0.1, 0.15) is 6.42 Å². The summed E-state index contributed by atoms with van der Waals surface area (Å²) in [6.45, 7) is 0. The van der Waals surface area contributed by atoms with Gasteiger partial charge in [0.15, 0.2) is 16.5 Å². The average molecular weight is 373 g/mol. The van der Waals surface area contributed by atoms with Gasteiger partial charge < -0.3 is 9.84 Å². The molecular weight excluding hydrogens is 365 g/mol. The summed E-state index contributed by atoms with van der Waals surface area (Å²) in [5.41, 5.74) is 0. The van der Waals surface area contributed by atoms with Crippen molar-refractivity contribution in [1.29, 1.82) is 0 Å². The lowest BCUT2D eigenvalue weighted by Crippen LogP contribution is -2.08. The molecule has 1 aromatic heterocycles. The van der Waals surface area contributed by atoms with Gasteiger partial charge in [-0.15, -0.1) is 4.33 Å². The van der Waals surface area contributed by atoms with Crippen LogP contribution >= 0.6 is 34.6 Å². The van der Waals surface area contributed by atoms with Crippen LogP contribution in [0.2, 0.25) is 0 Å². The van der Waals surface area contributed by atoms with Crippen molar-refractivity contribution >= 4 is 40.6 Å². The number of ether oxygens (including phenoxy) is 1. The van der Waals surface area contributed by atoms with Crippen molar-refractivity contribution < 1.29 is 29.3 Å². The molecule has 94 valence electrons. The molecule has 0 aliphatic rings. The summed E-state index contributed by atoms with van der Waals surface area (Å²) in [5, 5.41) is 20.8. The summed E-state index contributed by atoms with van der Waals surface area (Å²) < 4.78 is 9.64. The molecule has 0 bridgehead atoms. The molecule has 0 atom stereocenters. The zero-order valence-corrected chi connectivity index (χ0v) is 11.3. The molecule has 0 fully saturated rings. The Balaban J connectivity index is 2.64. The predicted molar refractivity (Wildman–Crippen MR) is 65.7 cm³/mol. The van der Waals surface area contributed by atoms with E-state index in [4.69, 9.17) is 9.99 Å². The van der Waals surface area contributed by atoms with Crippen LogP contribution in [0.4, 0.5) is 0 Å². The molecule has 9 heteroatoms. The fraction of sp³-hybridized carbons (Fsp3) is 0.250. The molecule has 1 heterocycles. The third-order valence-electron chi connectivity index (χ3n) is 1.48. The number of carbonyl (C=O) groups excluding carboxylic acids is 1. The van der Waals surface area contributed by atoms with Gasteiger partial charge in [-0.1, -0.05) is 27.6 Å². The zero-order chi connectivity index (χ0) is 12.7. The number of hydrogen-bond acceptors (Lipinski definition) is 8. The molecule has 0 aliphatic carbocycles. The smallest absolute Gasteiger partial charge is 0.312 e. The molecule has 0 aliphatic heterocycles. The van der Waals surface area contributed by atoms with Crippen molar-refractivity contribution in [3.63, 3.8) is 0 Å². The highest BCUT2D eigenvalue weighted by atomic mass is 127. The monoisotopic (exact) mass is 373 g/mol. The Morgan fingerprint density at radius 1 is 1.59 bits per heavy atom. The average Bonchev–Trinajstić information content (AvgIpc) is 2.28. The second kappa shape index (κ2) is 7.66. The first-order valence-electron chi connectivity index (χ1n) is 4.27. The van der Waals surface area contributed by atoms with Gasteiger partial charge in [0.25, 0.3) is 0 Å². The van der Waals surface area contributed by atoms with Crippen LogP contribution in [0, 0.1) is 0 Å². The van der Waals surface area contributed by atoms with Gasteiger partial charge in [0.05, 0.1) is 24.7 Å². The van der Waals surface area contributed by atoms with E-state index in [0.717, 1.165) is 0 Å². The van der Waals surface area contributed by atoms with Crippen molar-refractivity contribution in [3.8, 4) is 11.5 Å². The largest absolute Gasteiger partial charge is 0.505 e. The summed E-state index contributed by atoms with van der Waals surface area (Å²) in [6.07, 6.45) is 1.52. The summed E-state index contributed by atoms with van der Waals surface area (Å²) in [7, 11) is 0. The maximum atomic E-state index is 11.2. The number of nitrogens with zero attached hydrogens (tertiary/aromatic N) is 1. The van der Waals surface area contributed by atoms with Gasteiger partial charge in [-0.3, -0.25) is 4.79 Å². The van der Waals surface area contributed by atoms with Crippen LogP contribution in [0.3, 0.4) is 0 Å². The van der Waals surface area contributed by atoms with Gasteiger partial charge in [-0.05, 0) is 0 Å². The maximum Gasteiger partial charge on any atom is 0.312 e. The van der Waals surface area contributed by atoms with Crippen molar-refractivity contribution in [2.75, 3.05) is 4.43 Å². The standard InChI is InChI=1S/C8H8INO6S/c9-2-1-7(12)14-5-3-6(11)8(10-4-5)17-16-15-13/h3-4,11,13H,1-2H2. The minimum absolute atomic E-state index is 0.0627. The third-order valence-corrected chi connectivity index (χ3v) is 2.62. The molecule has 0 aromatic carbocycles. The number of hydrogen-bond donors (Lipinski definition) is 2. The van der Waals surface area contributed by atoms with E-state index in [2.05, 4.69) is 14.4 Å². The first kappa shape index (κ1) is 14.4. The Kier molecular flexibility index (Phi) is 6.50. The van der Waals surface area contributed by atoms with E-state index in [-0.39, 0.29) is 22.9 Å². The number of halogens is 1. The summed E-state index contributed by atoms with van der Waals surface area (Å²) >= 11 is 2.56. The topological polar surface area (TPSA) is 98.1 Å². The molecule has 0 saturated carbocycles. The number of aromatic hydroxyl groups is 1. The van der Waals surface area contributed by atoms with Crippen LogP contribution in [-0.2, 0) is 14.2 Å². The van der Waals surface area contributed by atoms with Crippen LogP contribution in [-0.4, -0.2) is 25.7 Å². The Morgan fingerprint density at radius 2 is 2.35 bits per heavy atom. The molecule has 1 rings (SSSR count). The highest BCUT2D eigenvalue weighted by Gasteiger charge is 2.10. The highest BCUT2D eigenvalue weighted by molar-refractivity contribution is 14.1. The Morgan fingerprint density at radius 3 is 2.94 bits per heavy atom. The fourth-order valence-electron chi connectivity index (χ4n) is 0.849. The van der Waals surface area contributed by atoms with E-state index in [1.54, 1.807) is 0 Å². The van der Waals surface area contributed by atoms with E-state index in [0.29, 0.717) is 16.5 Å². The quantitative estimate of drug-likeness (QED) is 0.195. The van der Waals surface area contributed by atoms with Crippen LogP contribution in [0.25, 0.3) is 0 Å². The van der Waals surface area contributed by atoms with E-state index in [9.17, 15) is 9.90 Å². The lowest BCUT2D eigenvalue weighted by atomic mass is 10.4. The first-order valence-corrected chi connectivity index (χ1v) is 6.54. The molecule has 17 heavy (non-hydrogen) atoms.